The van der Waals surface area contributed by atoms with Crippen LogP contribution in [0.15, 0.2) is 25.3 Å². The van der Waals surface area contributed by atoms with Crippen LogP contribution in [0.4, 0.5) is 0 Å². The Labute approximate surface area is 91.6 Å². The molecular formula is C12H20N2O. The van der Waals surface area contributed by atoms with E-state index in [1.54, 1.807) is 12.2 Å². The lowest BCUT2D eigenvalue weighted by atomic mass is 10.00. The average Bonchev–Trinajstić information content (AvgIpc) is 2.70. The van der Waals surface area contributed by atoms with Crippen molar-refractivity contribution in [1.82, 2.24) is 10.6 Å². The predicted molar refractivity (Wildman–Crippen MR) is 62.5 cm³/mol. The number of allylic oxidation sites excluding steroid dienone is 2. The van der Waals surface area contributed by atoms with Crippen LogP contribution in [-0.2, 0) is 4.79 Å². The first-order valence-electron chi connectivity index (χ1n) is 5.50. The first-order valence-corrected chi connectivity index (χ1v) is 5.50. The summed E-state index contributed by atoms with van der Waals surface area (Å²) in [6.45, 7) is 9.23. The van der Waals surface area contributed by atoms with Crippen LogP contribution in [0.1, 0.15) is 19.3 Å². The van der Waals surface area contributed by atoms with Crippen molar-refractivity contribution >= 4 is 5.91 Å². The van der Waals surface area contributed by atoms with E-state index in [-0.39, 0.29) is 11.8 Å². The second-order valence-corrected chi connectivity index (χ2v) is 3.94. The van der Waals surface area contributed by atoms with Gasteiger partial charge < -0.3 is 10.6 Å². The fourth-order valence-corrected chi connectivity index (χ4v) is 1.81. The summed E-state index contributed by atoms with van der Waals surface area (Å²) in [6.07, 6.45) is 6.05. The average molecular weight is 208 g/mol. The van der Waals surface area contributed by atoms with E-state index in [0.29, 0.717) is 6.04 Å². The van der Waals surface area contributed by atoms with E-state index in [0.717, 1.165) is 32.4 Å². The third kappa shape index (κ3) is 3.88. The zero-order valence-electron chi connectivity index (χ0n) is 9.17. The van der Waals surface area contributed by atoms with Crippen molar-refractivity contribution in [3.05, 3.63) is 25.3 Å². The summed E-state index contributed by atoms with van der Waals surface area (Å²) in [6, 6.07) is 0.301. The summed E-state index contributed by atoms with van der Waals surface area (Å²) < 4.78 is 0. The van der Waals surface area contributed by atoms with Crippen molar-refractivity contribution in [2.24, 2.45) is 5.92 Å². The minimum Gasteiger partial charge on any atom is -0.352 e. The normalized spacial score (nSPS) is 20.2. The molecule has 1 saturated heterocycles. The monoisotopic (exact) mass is 208 g/mol. The fraction of sp³-hybridized carbons (Fsp3) is 0.583. The Bertz CT molecular complexity index is 222. The first-order chi connectivity index (χ1) is 7.27. The zero-order valence-corrected chi connectivity index (χ0v) is 9.17. The Morgan fingerprint density at radius 3 is 2.60 bits per heavy atom. The van der Waals surface area contributed by atoms with E-state index in [9.17, 15) is 4.79 Å². The summed E-state index contributed by atoms with van der Waals surface area (Å²) in [5.41, 5.74) is 0. The Kier molecular flexibility index (Phi) is 5.12. The van der Waals surface area contributed by atoms with Gasteiger partial charge in [0.05, 0.1) is 0 Å². The Morgan fingerprint density at radius 2 is 2.13 bits per heavy atom. The molecule has 0 aromatic heterocycles. The van der Waals surface area contributed by atoms with Crippen molar-refractivity contribution in [2.45, 2.75) is 25.3 Å². The number of amides is 1. The summed E-state index contributed by atoms with van der Waals surface area (Å²) >= 11 is 0. The largest absolute Gasteiger partial charge is 0.352 e. The Morgan fingerprint density at radius 1 is 1.47 bits per heavy atom. The highest BCUT2D eigenvalue weighted by molar-refractivity contribution is 5.79. The minimum atomic E-state index is 0.000556. The summed E-state index contributed by atoms with van der Waals surface area (Å²) in [5.74, 6) is 0.129. The van der Waals surface area contributed by atoms with E-state index in [2.05, 4.69) is 23.8 Å². The SMILES string of the molecule is C=CCC(CC=C)C(=O)NC1CCNC1. The molecule has 0 aromatic carbocycles. The molecule has 3 heteroatoms. The van der Waals surface area contributed by atoms with E-state index in [1.807, 2.05) is 0 Å². The Hall–Kier alpha value is -1.09. The molecule has 1 aliphatic heterocycles. The topological polar surface area (TPSA) is 41.1 Å². The maximum Gasteiger partial charge on any atom is 0.223 e. The highest BCUT2D eigenvalue weighted by Gasteiger charge is 2.21. The summed E-state index contributed by atoms with van der Waals surface area (Å²) in [4.78, 5) is 11.8. The molecule has 2 N–H and O–H groups in total. The van der Waals surface area contributed by atoms with Crippen molar-refractivity contribution in [2.75, 3.05) is 13.1 Å². The number of rotatable bonds is 6. The lowest BCUT2D eigenvalue weighted by Gasteiger charge is -2.17. The van der Waals surface area contributed by atoms with Gasteiger partial charge in [0.2, 0.25) is 5.91 Å². The molecule has 1 heterocycles. The van der Waals surface area contributed by atoms with Gasteiger partial charge in [-0.2, -0.15) is 0 Å². The number of hydrogen-bond acceptors (Lipinski definition) is 2. The molecule has 3 nitrogen and oxygen atoms in total. The van der Waals surface area contributed by atoms with E-state index < -0.39 is 0 Å². The van der Waals surface area contributed by atoms with E-state index in [1.165, 1.54) is 0 Å². The number of hydrogen-bond donors (Lipinski definition) is 2. The third-order valence-electron chi connectivity index (χ3n) is 2.68. The van der Waals surface area contributed by atoms with Crippen molar-refractivity contribution in [1.29, 1.82) is 0 Å². The highest BCUT2D eigenvalue weighted by Crippen LogP contribution is 2.11. The number of carbonyl (C=O) groups excluding carboxylic acids is 1. The third-order valence-corrected chi connectivity index (χ3v) is 2.68. The van der Waals surface area contributed by atoms with Gasteiger partial charge in [0, 0.05) is 18.5 Å². The van der Waals surface area contributed by atoms with Gasteiger partial charge >= 0.3 is 0 Å². The zero-order chi connectivity index (χ0) is 11.1. The molecule has 1 aliphatic rings. The standard InChI is InChI=1S/C12H20N2O/c1-3-5-10(6-4-2)12(15)14-11-7-8-13-9-11/h3-4,10-11,13H,1-2,5-9H2,(H,14,15). The van der Waals surface area contributed by atoms with Gasteiger partial charge in [0.25, 0.3) is 0 Å². The molecular weight excluding hydrogens is 188 g/mol. The molecule has 15 heavy (non-hydrogen) atoms. The number of nitrogens with one attached hydrogen (secondary N) is 2. The van der Waals surface area contributed by atoms with Crippen molar-refractivity contribution in [3.63, 3.8) is 0 Å². The summed E-state index contributed by atoms with van der Waals surface area (Å²) in [7, 11) is 0. The molecule has 0 radical (unpaired) electrons. The van der Waals surface area contributed by atoms with Crippen molar-refractivity contribution in [3.8, 4) is 0 Å². The van der Waals surface area contributed by atoms with Crippen LogP contribution in [0, 0.1) is 5.92 Å². The quantitative estimate of drug-likeness (QED) is 0.645. The Balaban J connectivity index is 2.39. The van der Waals surface area contributed by atoms with Crippen LogP contribution in [0.25, 0.3) is 0 Å². The first kappa shape index (κ1) is 12.0. The van der Waals surface area contributed by atoms with Gasteiger partial charge in [-0.3, -0.25) is 4.79 Å². The molecule has 1 fully saturated rings. The van der Waals surface area contributed by atoms with Crippen LogP contribution in [-0.4, -0.2) is 25.0 Å². The molecule has 1 unspecified atom stereocenters. The predicted octanol–water partition coefficient (Wildman–Crippen LogP) is 1.23. The minimum absolute atomic E-state index is 0.000556. The molecule has 1 amide bonds. The van der Waals surface area contributed by atoms with Crippen LogP contribution in [0.5, 0.6) is 0 Å². The molecule has 0 bridgehead atoms. The molecule has 0 saturated carbocycles. The van der Waals surface area contributed by atoms with Gasteiger partial charge in [0.15, 0.2) is 0 Å². The lowest BCUT2D eigenvalue weighted by Crippen LogP contribution is -2.39. The highest BCUT2D eigenvalue weighted by atomic mass is 16.1. The molecule has 0 aromatic rings. The molecule has 0 aliphatic carbocycles. The second-order valence-electron chi connectivity index (χ2n) is 3.94. The van der Waals surface area contributed by atoms with Gasteiger partial charge in [-0.25, -0.2) is 0 Å². The van der Waals surface area contributed by atoms with Crippen molar-refractivity contribution < 1.29 is 4.79 Å². The second kappa shape index (κ2) is 6.40. The molecule has 84 valence electrons. The van der Waals surface area contributed by atoms with Crippen LogP contribution in [0.3, 0.4) is 0 Å². The van der Waals surface area contributed by atoms with E-state index in [4.69, 9.17) is 0 Å². The van der Waals surface area contributed by atoms with Gasteiger partial charge in [-0.05, 0) is 25.8 Å². The number of carbonyl (C=O) groups is 1. The smallest absolute Gasteiger partial charge is 0.223 e. The summed E-state index contributed by atoms with van der Waals surface area (Å²) in [5, 5.41) is 6.28. The van der Waals surface area contributed by atoms with Gasteiger partial charge in [-0.1, -0.05) is 12.2 Å². The maximum atomic E-state index is 11.8. The molecule has 1 atom stereocenters. The lowest BCUT2D eigenvalue weighted by molar-refractivity contribution is -0.125. The van der Waals surface area contributed by atoms with Gasteiger partial charge in [0.1, 0.15) is 0 Å². The molecule has 0 spiro atoms. The van der Waals surface area contributed by atoms with Crippen LogP contribution >= 0.6 is 0 Å². The maximum absolute atomic E-state index is 11.8. The molecule has 1 rings (SSSR count). The fourth-order valence-electron chi connectivity index (χ4n) is 1.81. The van der Waals surface area contributed by atoms with Gasteiger partial charge in [-0.15, -0.1) is 13.2 Å². The van der Waals surface area contributed by atoms with E-state index >= 15 is 0 Å². The van der Waals surface area contributed by atoms with Crippen LogP contribution < -0.4 is 10.6 Å². The van der Waals surface area contributed by atoms with Crippen LogP contribution in [0.2, 0.25) is 0 Å².